The number of nitrogens with two attached hydrogens (primary N) is 1. The number of thiophene rings is 1. The number of pyridine rings is 1. The predicted molar refractivity (Wildman–Crippen MR) is 100 cm³/mol. The molecule has 0 aliphatic carbocycles. The van der Waals surface area contributed by atoms with Crippen molar-refractivity contribution in [3.8, 4) is 33.8 Å². The third kappa shape index (κ3) is 2.85. The molecule has 0 saturated carbocycles. The minimum atomic E-state index is 0.208. The van der Waals surface area contributed by atoms with E-state index in [-0.39, 0.29) is 5.95 Å². The molecule has 0 aromatic carbocycles. The number of rotatable bonds is 4. The first-order chi connectivity index (χ1) is 12.3. The molecule has 0 saturated heterocycles. The Hall–Kier alpha value is -3.19. The highest BCUT2D eigenvalue weighted by atomic mass is 32.1. The van der Waals surface area contributed by atoms with Crippen LogP contribution in [0.1, 0.15) is 0 Å². The van der Waals surface area contributed by atoms with Gasteiger partial charge in [0, 0.05) is 29.8 Å². The van der Waals surface area contributed by atoms with Crippen molar-refractivity contribution in [2.75, 3.05) is 18.1 Å². The summed E-state index contributed by atoms with van der Waals surface area (Å²) in [5.41, 5.74) is 10.2. The highest BCUT2D eigenvalue weighted by Gasteiger charge is 2.20. The fraction of sp³-hybridized carbons (Fsp3) is 0.0556. The van der Waals surface area contributed by atoms with Crippen molar-refractivity contribution in [2.45, 2.75) is 0 Å². The zero-order valence-electron chi connectivity index (χ0n) is 13.4. The Morgan fingerprint density at radius 3 is 2.72 bits per heavy atom. The van der Waals surface area contributed by atoms with Gasteiger partial charge in [0.25, 0.3) is 0 Å². The maximum absolute atomic E-state index is 5.99. The lowest BCUT2D eigenvalue weighted by atomic mass is 9.98. The van der Waals surface area contributed by atoms with Gasteiger partial charge < -0.3 is 15.5 Å². The molecular weight excluding hydrogens is 334 g/mol. The molecule has 124 valence electrons. The second-order valence-electron chi connectivity index (χ2n) is 5.32. The van der Waals surface area contributed by atoms with Gasteiger partial charge in [-0.2, -0.15) is 11.3 Å². The topological polar surface area (TPSA) is 89.9 Å². The van der Waals surface area contributed by atoms with E-state index < -0.39 is 0 Å². The van der Waals surface area contributed by atoms with E-state index in [0.29, 0.717) is 11.5 Å². The summed E-state index contributed by atoms with van der Waals surface area (Å²) in [5.74, 6) is 1.61. The van der Waals surface area contributed by atoms with Gasteiger partial charge in [-0.05, 0) is 41.3 Å². The van der Waals surface area contributed by atoms with Crippen molar-refractivity contribution in [2.24, 2.45) is 0 Å². The Bertz CT molecular complexity index is 941. The molecule has 0 unspecified atom stereocenters. The fourth-order valence-electron chi connectivity index (χ4n) is 2.67. The zero-order valence-corrected chi connectivity index (χ0v) is 14.2. The first kappa shape index (κ1) is 15.3. The number of nitrogens with one attached hydrogen (secondary N) is 1. The Kier molecular flexibility index (Phi) is 3.91. The van der Waals surface area contributed by atoms with E-state index in [1.54, 1.807) is 23.8 Å². The van der Waals surface area contributed by atoms with Crippen LogP contribution in [-0.2, 0) is 0 Å². The molecule has 4 heterocycles. The average Bonchev–Trinajstić information content (AvgIpc) is 3.34. The predicted octanol–water partition coefficient (Wildman–Crippen LogP) is 4.15. The highest BCUT2D eigenvalue weighted by molar-refractivity contribution is 7.08. The van der Waals surface area contributed by atoms with Crippen LogP contribution in [0.5, 0.6) is 0 Å². The summed E-state index contributed by atoms with van der Waals surface area (Å²) in [6.45, 7) is 0. The molecule has 0 spiro atoms. The summed E-state index contributed by atoms with van der Waals surface area (Å²) in [4.78, 5) is 13.3. The number of hydrogen-bond donors (Lipinski definition) is 2. The Morgan fingerprint density at radius 2 is 2.00 bits per heavy atom. The molecule has 4 aromatic rings. The lowest BCUT2D eigenvalue weighted by Gasteiger charge is -2.13. The van der Waals surface area contributed by atoms with E-state index in [1.807, 2.05) is 48.1 Å². The summed E-state index contributed by atoms with van der Waals surface area (Å²) in [6.07, 6.45) is 3.37. The van der Waals surface area contributed by atoms with Crippen LogP contribution in [0, 0.1) is 0 Å². The SMILES string of the molecule is CNc1cc(-c2c(-c3ccsc3)nc(N)nc2-c2ccco2)ccn1. The minimum absolute atomic E-state index is 0.208. The van der Waals surface area contributed by atoms with Crippen LogP contribution < -0.4 is 11.1 Å². The Morgan fingerprint density at radius 1 is 1.12 bits per heavy atom. The third-order valence-electron chi connectivity index (χ3n) is 3.78. The molecule has 0 bridgehead atoms. The molecule has 6 nitrogen and oxygen atoms in total. The van der Waals surface area contributed by atoms with Gasteiger partial charge >= 0.3 is 0 Å². The van der Waals surface area contributed by atoms with Crippen molar-refractivity contribution >= 4 is 23.1 Å². The van der Waals surface area contributed by atoms with Crippen molar-refractivity contribution in [3.05, 3.63) is 53.6 Å². The fourth-order valence-corrected chi connectivity index (χ4v) is 3.31. The molecule has 3 N–H and O–H groups in total. The van der Waals surface area contributed by atoms with E-state index in [9.17, 15) is 0 Å². The van der Waals surface area contributed by atoms with E-state index in [0.717, 1.165) is 28.2 Å². The third-order valence-corrected chi connectivity index (χ3v) is 4.46. The lowest BCUT2D eigenvalue weighted by Crippen LogP contribution is -2.02. The number of nitrogen functional groups attached to an aromatic ring is 1. The summed E-state index contributed by atoms with van der Waals surface area (Å²) < 4.78 is 5.59. The van der Waals surface area contributed by atoms with Crippen LogP contribution in [0.15, 0.2) is 58.0 Å². The van der Waals surface area contributed by atoms with Crippen LogP contribution >= 0.6 is 11.3 Å². The van der Waals surface area contributed by atoms with Crippen LogP contribution in [0.25, 0.3) is 33.8 Å². The number of anilines is 2. The molecule has 7 heteroatoms. The van der Waals surface area contributed by atoms with Gasteiger partial charge in [-0.15, -0.1) is 0 Å². The first-order valence-electron chi connectivity index (χ1n) is 7.64. The molecule has 0 atom stereocenters. The number of nitrogens with zero attached hydrogens (tertiary/aromatic N) is 3. The molecule has 0 fully saturated rings. The van der Waals surface area contributed by atoms with Gasteiger partial charge in [-0.1, -0.05) is 0 Å². The Balaban J connectivity index is 2.05. The molecule has 0 radical (unpaired) electrons. The second kappa shape index (κ2) is 6.37. The summed E-state index contributed by atoms with van der Waals surface area (Å²) in [7, 11) is 1.83. The van der Waals surface area contributed by atoms with Crippen LogP contribution in [0.4, 0.5) is 11.8 Å². The quantitative estimate of drug-likeness (QED) is 0.575. The summed E-state index contributed by atoms with van der Waals surface area (Å²) in [6, 6.07) is 9.59. The molecule has 25 heavy (non-hydrogen) atoms. The Labute approximate surface area is 148 Å². The maximum atomic E-state index is 5.99. The average molecular weight is 349 g/mol. The smallest absolute Gasteiger partial charge is 0.221 e. The largest absolute Gasteiger partial charge is 0.463 e. The normalized spacial score (nSPS) is 10.8. The first-order valence-corrected chi connectivity index (χ1v) is 8.58. The maximum Gasteiger partial charge on any atom is 0.221 e. The number of furan rings is 1. The van der Waals surface area contributed by atoms with Crippen molar-refractivity contribution in [3.63, 3.8) is 0 Å². The van der Waals surface area contributed by atoms with Crippen molar-refractivity contribution < 1.29 is 4.42 Å². The van der Waals surface area contributed by atoms with Gasteiger partial charge in [-0.3, -0.25) is 0 Å². The van der Waals surface area contributed by atoms with Crippen LogP contribution in [0.3, 0.4) is 0 Å². The van der Waals surface area contributed by atoms with Gasteiger partial charge in [-0.25, -0.2) is 15.0 Å². The van der Waals surface area contributed by atoms with Gasteiger partial charge in [0.1, 0.15) is 11.5 Å². The van der Waals surface area contributed by atoms with Crippen LogP contribution in [0.2, 0.25) is 0 Å². The highest BCUT2D eigenvalue weighted by Crippen LogP contribution is 2.39. The molecule has 4 aromatic heterocycles. The van der Waals surface area contributed by atoms with Gasteiger partial charge in [0.2, 0.25) is 5.95 Å². The summed E-state index contributed by atoms with van der Waals surface area (Å²) >= 11 is 1.61. The van der Waals surface area contributed by atoms with E-state index in [2.05, 4.69) is 20.3 Å². The number of aromatic nitrogens is 3. The van der Waals surface area contributed by atoms with Gasteiger partial charge in [0.05, 0.1) is 12.0 Å². The van der Waals surface area contributed by atoms with E-state index in [4.69, 9.17) is 10.2 Å². The second-order valence-corrected chi connectivity index (χ2v) is 6.10. The van der Waals surface area contributed by atoms with E-state index >= 15 is 0 Å². The molecule has 4 rings (SSSR count). The molecular formula is C18H15N5OS. The molecule has 0 aliphatic rings. The minimum Gasteiger partial charge on any atom is -0.463 e. The molecule has 0 amide bonds. The monoisotopic (exact) mass is 349 g/mol. The lowest BCUT2D eigenvalue weighted by molar-refractivity contribution is 0.580. The van der Waals surface area contributed by atoms with E-state index in [1.165, 1.54) is 0 Å². The van der Waals surface area contributed by atoms with Crippen molar-refractivity contribution in [1.82, 2.24) is 15.0 Å². The van der Waals surface area contributed by atoms with Crippen molar-refractivity contribution in [1.29, 1.82) is 0 Å². The zero-order chi connectivity index (χ0) is 17.2. The van der Waals surface area contributed by atoms with Crippen LogP contribution in [-0.4, -0.2) is 22.0 Å². The molecule has 0 aliphatic heterocycles. The standard InChI is InChI=1S/C18H15N5OS/c1-20-14-9-11(4-6-21-14)15-16(12-5-8-25-10-12)22-18(19)23-17(15)13-3-2-7-24-13/h2-10H,1H3,(H,20,21)(H2,19,22,23). The summed E-state index contributed by atoms with van der Waals surface area (Å²) in [5, 5.41) is 7.11. The van der Waals surface area contributed by atoms with Gasteiger partial charge in [0.15, 0.2) is 5.76 Å². The number of hydrogen-bond acceptors (Lipinski definition) is 7.